The molecule has 0 saturated heterocycles. The zero-order valence-corrected chi connectivity index (χ0v) is 11.4. The average Bonchev–Trinajstić information content (AvgIpc) is 2.90. The summed E-state index contributed by atoms with van der Waals surface area (Å²) in [4.78, 5) is 1.35. The number of nitrogens with one attached hydrogen (secondary N) is 1. The molecular formula is C14H23NOS. The van der Waals surface area contributed by atoms with Crippen molar-refractivity contribution in [3.05, 3.63) is 22.4 Å². The van der Waals surface area contributed by atoms with Gasteiger partial charge in [0.1, 0.15) is 0 Å². The van der Waals surface area contributed by atoms with Crippen molar-refractivity contribution in [2.45, 2.75) is 51.1 Å². The van der Waals surface area contributed by atoms with E-state index in [1.54, 1.807) is 11.3 Å². The van der Waals surface area contributed by atoms with Gasteiger partial charge in [-0.2, -0.15) is 0 Å². The van der Waals surface area contributed by atoms with Crippen molar-refractivity contribution >= 4 is 11.3 Å². The van der Waals surface area contributed by atoms with Crippen LogP contribution in [0.3, 0.4) is 0 Å². The van der Waals surface area contributed by atoms with Crippen LogP contribution in [-0.4, -0.2) is 17.3 Å². The molecule has 3 heteroatoms. The molecule has 1 aliphatic rings. The molecule has 2 nitrogen and oxygen atoms in total. The number of rotatable bonds is 5. The van der Waals surface area contributed by atoms with Gasteiger partial charge in [0.25, 0.3) is 0 Å². The molecule has 0 spiro atoms. The fourth-order valence-electron chi connectivity index (χ4n) is 2.77. The van der Waals surface area contributed by atoms with Gasteiger partial charge in [-0.3, -0.25) is 0 Å². The molecule has 2 N–H and O–H groups in total. The summed E-state index contributed by atoms with van der Waals surface area (Å²) in [6.45, 7) is 3.30. The van der Waals surface area contributed by atoms with E-state index < -0.39 is 0 Å². The van der Waals surface area contributed by atoms with Crippen LogP contribution >= 0.6 is 11.3 Å². The Hall–Kier alpha value is -0.380. The first kappa shape index (κ1) is 13.1. The van der Waals surface area contributed by atoms with E-state index in [-0.39, 0.29) is 12.1 Å². The minimum Gasteiger partial charge on any atom is -0.394 e. The molecule has 1 heterocycles. The van der Waals surface area contributed by atoms with E-state index >= 15 is 0 Å². The Morgan fingerprint density at radius 3 is 2.76 bits per heavy atom. The fourth-order valence-corrected chi connectivity index (χ4v) is 3.42. The summed E-state index contributed by atoms with van der Waals surface area (Å²) in [5, 5.41) is 15.4. The van der Waals surface area contributed by atoms with E-state index in [1.807, 2.05) is 0 Å². The number of aliphatic hydroxyl groups excluding tert-OH is 1. The van der Waals surface area contributed by atoms with Crippen LogP contribution in [0.1, 0.15) is 43.9 Å². The van der Waals surface area contributed by atoms with Crippen molar-refractivity contribution < 1.29 is 5.11 Å². The lowest BCUT2D eigenvalue weighted by Crippen LogP contribution is -2.51. The van der Waals surface area contributed by atoms with Crippen molar-refractivity contribution in [1.29, 1.82) is 0 Å². The number of hydrogen-bond donors (Lipinski definition) is 2. The summed E-state index contributed by atoms with van der Waals surface area (Å²) in [7, 11) is 0. The molecule has 1 saturated carbocycles. The van der Waals surface area contributed by atoms with Gasteiger partial charge in [-0.25, -0.2) is 0 Å². The van der Waals surface area contributed by atoms with Gasteiger partial charge in [0.15, 0.2) is 0 Å². The van der Waals surface area contributed by atoms with Gasteiger partial charge in [-0.15, -0.1) is 11.3 Å². The van der Waals surface area contributed by atoms with E-state index in [4.69, 9.17) is 0 Å². The molecule has 96 valence electrons. The highest BCUT2D eigenvalue weighted by molar-refractivity contribution is 7.09. The SMILES string of the molecule is CC(CO)(NCc1cccs1)C1CCCCC1. The zero-order chi connectivity index (χ0) is 12.1. The van der Waals surface area contributed by atoms with Crippen molar-refractivity contribution in [3.8, 4) is 0 Å². The molecular weight excluding hydrogens is 230 g/mol. The quantitative estimate of drug-likeness (QED) is 0.845. The number of thiophene rings is 1. The molecule has 0 aliphatic heterocycles. The molecule has 0 amide bonds. The van der Waals surface area contributed by atoms with Gasteiger partial charge in [-0.05, 0) is 37.1 Å². The maximum absolute atomic E-state index is 9.71. The summed E-state index contributed by atoms with van der Waals surface area (Å²) < 4.78 is 0. The van der Waals surface area contributed by atoms with Crippen LogP contribution in [0.25, 0.3) is 0 Å². The Labute approximate surface area is 108 Å². The van der Waals surface area contributed by atoms with Crippen molar-refractivity contribution in [1.82, 2.24) is 5.32 Å². The van der Waals surface area contributed by atoms with E-state index in [2.05, 4.69) is 29.8 Å². The maximum Gasteiger partial charge on any atom is 0.0613 e. The Balaban J connectivity index is 1.93. The number of aliphatic hydroxyl groups is 1. The summed E-state index contributed by atoms with van der Waals surface area (Å²) in [5.41, 5.74) is -0.107. The standard InChI is InChI=1S/C14H23NOS/c1-14(11-16,12-6-3-2-4-7-12)15-10-13-8-5-9-17-13/h5,8-9,12,15-16H,2-4,6-7,10-11H2,1H3. The summed E-state index contributed by atoms with van der Waals surface area (Å²) >= 11 is 1.78. The van der Waals surface area contributed by atoms with Crippen LogP contribution in [0.2, 0.25) is 0 Å². The monoisotopic (exact) mass is 253 g/mol. The van der Waals surface area contributed by atoms with Crippen LogP contribution in [0.5, 0.6) is 0 Å². The predicted octanol–water partition coefficient (Wildman–Crippen LogP) is 3.17. The zero-order valence-electron chi connectivity index (χ0n) is 10.6. The van der Waals surface area contributed by atoms with Gasteiger partial charge in [0.05, 0.1) is 6.61 Å². The third kappa shape index (κ3) is 3.30. The topological polar surface area (TPSA) is 32.3 Å². The van der Waals surface area contributed by atoms with E-state index in [9.17, 15) is 5.11 Å². The maximum atomic E-state index is 9.71. The summed E-state index contributed by atoms with van der Waals surface area (Å²) in [5.74, 6) is 0.626. The van der Waals surface area contributed by atoms with Crippen LogP contribution < -0.4 is 5.32 Å². The minimum atomic E-state index is -0.107. The van der Waals surface area contributed by atoms with Crippen molar-refractivity contribution in [2.24, 2.45) is 5.92 Å². The van der Waals surface area contributed by atoms with Crippen LogP contribution in [0.4, 0.5) is 0 Å². The van der Waals surface area contributed by atoms with Crippen LogP contribution in [-0.2, 0) is 6.54 Å². The fraction of sp³-hybridized carbons (Fsp3) is 0.714. The molecule has 0 aromatic carbocycles. The molecule has 0 bridgehead atoms. The van der Waals surface area contributed by atoms with Gasteiger partial charge in [-0.1, -0.05) is 25.3 Å². The first-order valence-corrected chi connectivity index (χ1v) is 7.51. The molecule has 1 aromatic rings. The molecule has 1 unspecified atom stereocenters. The highest BCUT2D eigenvalue weighted by atomic mass is 32.1. The first-order valence-electron chi connectivity index (χ1n) is 6.63. The molecule has 1 atom stereocenters. The molecule has 17 heavy (non-hydrogen) atoms. The van der Waals surface area contributed by atoms with E-state index in [0.717, 1.165) is 6.54 Å². The minimum absolute atomic E-state index is 0.107. The van der Waals surface area contributed by atoms with E-state index in [1.165, 1.54) is 37.0 Å². The summed E-state index contributed by atoms with van der Waals surface area (Å²) in [6.07, 6.45) is 6.52. The molecule has 1 aromatic heterocycles. The summed E-state index contributed by atoms with van der Waals surface area (Å²) in [6, 6.07) is 4.23. The van der Waals surface area contributed by atoms with Crippen LogP contribution in [0, 0.1) is 5.92 Å². The predicted molar refractivity (Wildman–Crippen MR) is 73.2 cm³/mol. The molecule has 1 fully saturated rings. The molecule has 0 radical (unpaired) electrons. The normalized spacial score (nSPS) is 21.3. The third-order valence-electron chi connectivity index (χ3n) is 4.08. The lowest BCUT2D eigenvalue weighted by molar-refractivity contribution is 0.0940. The second kappa shape index (κ2) is 5.98. The first-order chi connectivity index (χ1) is 8.24. The Morgan fingerprint density at radius 2 is 2.18 bits per heavy atom. The second-order valence-electron chi connectivity index (χ2n) is 5.34. The largest absolute Gasteiger partial charge is 0.394 e. The second-order valence-corrected chi connectivity index (χ2v) is 6.38. The van der Waals surface area contributed by atoms with Crippen molar-refractivity contribution in [3.63, 3.8) is 0 Å². The van der Waals surface area contributed by atoms with Gasteiger partial charge < -0.3 is 10.4 Å². The molecule has 2 rings (SSSR count). The lowest BCUT2D eigenvalue weighted by Gasteiger charge is -2.39. The Kier molecular flexibility index (Phi) is 4.60. The Morgan fingerprint density at radius 1 is 1.41 bits per heavy atom. The highest BCUT2D eigenvalue weighted by Crippen LogP contribution is 2.32. The molecule has 1 aliphatic carbocycles. The smallest absolute Gasteiger partial charge is 0.0613 e. The number of hydrogen-bond acceptors (Lipinski definition) is 3. The highest BCUT2D eigenvalue weighted by Gasteiger charge is 2.33. The van der Waals surface area contributed by atoms with Gasteiger partial charge >= 0.3 is 0 Å². The van der Waals surface area contributed by atoms with Gasteiger partial charge in [0.2, 0.25) is 0 Å². The lowest BCUT2D eigenvalue weighted by atomic mass is 9.76. The van der Waals surface area contributed by atoms with Crippen LogP contribution in [0.15, 0.2) is 17.5 Å². The Bertz CT molecular complexity index is 319. The third-order valence-corrected chi connectivity index (χ3v) is 4.96. The van der Waals surface area contributed by atoms with Crippen molar-refractivity contribution in [2.75, 3.05) is 6.61 Å². The van der Waals surface area contributed by atoms with E-state index in [0.29, 0.717) is 5.92 Å². The average molecular weight is 253 g/mol. The van der Waals surface area contributed by atoms with Gasteiger partial charge in [0, 0.05) is 17.0 Å².